The fraction of sp³-hybridized carbons (Fsp3) is 0.471. The fourth-order valence-corrected chi connectivity index (χ4v) is 4.00. The second-order valence-corrected chi connectivity index (χ2v) is 8.19. The van der Waals surface area contributed by atoms with Gasteiger partial charge in [0.25, 0.3) is 0 Å². The van der Waals surface area contributed by atoms with Gasteiger partial charge >= 0.3 is 0 Å². The van der Waals surface area contributed by atoms with E-state index in [2.05, 4.69) is 45.1 Å². The minimum atomic E-state index is 0.256. The molecule has 0 atom stereocenters. The standard InChI is InChI=1S/C17H24N6S/c1-17(2)12-22(9-10-24-17)16(18-3)21-11-14-5-4-6-20-15(14)23-8-7-19-13-23/h4-8,13H,9-12H2,1-3H3,(H,18,21). The molecule has 0 aromatic carbocycles. The Labute approximate surface area is 147 Å². The van der Waals surface area contributed by atoms with Crippen LogP contribution in [0.15, 0.2) is 42.0 Å². The van der Waals surface area contributed by atoms with Gasteiger partial charge in [-0.25, -0.2) is 9.97 Å². The molecular formula is C17H24N6S. The van der Waals surface area contributed by atoms with Crippen LogP contribution in [0.4, 0.5) is 0 Å². The van der Waals surface area contributed by atoms with E-state index in [4.69, 9.17) is 0 Å². The van der Waals surface area contributed by atoms with E-state index in [1.54, 1.807) is 18.7 Å². The van der Waals surface area contributed by atoms with E-state index < -0.39 is 0 Å². The van der Waals surface area contributed by atoms with Crippen molar-refractivity contribution < 1.29 is 0 Å². The Morgan fingerprint density at radius 2 is 2.29 bits per heavy atom. The summed E-state index contributed by atoms with van der Waals surface area (Å²) in [5, 5.41) is 3.49. The van der Waals surface area contributed by atoms with E-state index in [9.17, 15) is 0 Å². The van der Waals surface area contributed by atoms with E-state index in [-0.39, 0.29) is 4.75 Å². The normalized spacial score (nSPS) is 17.8. The predicted molar refractivity (Wildman–Crippen MR) is 99.7 cm³/mol. The number of guanidine groups is 1. The Kier molecular flexibility index (Phi) is 5.08. The maximum Gasteiger partial charge on any atom is 0.193 e. The molecule has 24 heavy (non-hydrogen) atoms. The van der Waals surface area contributed by atoms with Crippen LogP contribution < -0.4 is 5.32 Å². The second-order valence-electron chi connectivity index (χ2n) is 6.39. The van der Waals surface area contributed by atoms with Gasteiger partial charge in [0.2, 0.25) is 0 Å². The summed E-state index contributed by atoms with van der Waals surface area (Å²) in [5.74, 6) is 2.97. The third-order valence-electron chi connectivity index (χ3n) is 3.99. The molecule has 3 heterocycles. The lowest BCUT2D eigenvalue weighted by atomic mass is 10.2. The summed E-state index contributed by atoms with van der Waals surface area (Å²) in [6, 6.07) is 4.04. The molecule has 0 amide bonds. The van der Waals surface area contributed by atoms with Crippen LogP contribution in [0, 0.1) is 0 Å². The van der Waals surface area contributed by atoms with Gasteiger partial charge in [-0.2, -0.15) is 11.8 Å². The van der Waals surface area contributed by atoms with E-state index in [0.29, 0.717) is 6.54 Å². The number of aromatic nitrogens is 3. The summed E-state index contributed by atoms with van der Waals surface area (Å²) in [7, 11) is 1.84. The van der Waals surface area contributed by atoms with Crippen LogP contribution in [0.2, 0.25) is 0 Å². The molecule has 0 radical (unpaired) electrons. The number of pyridine rings is 1. The molecule has 2 aromatic heterocycles. The molecule has 1 aliphatic rings. The summed E-state index contributed by atoms with van der Waals surface area (Å²) >= 11 is 2.02. The van der Waals surface area contributed by atoms with Crippen LogP contribution in [0.1, 0.15) is 19.4 Å². The van der Waals surface area contributed by atoms with Crippen LogP contribution >= 0.6 is 11.8 Å². The zero-order valence-corrected chi connectivity index (χ0v) is 15.3. The first-order valence-electron chi connectivity index (χ1n) is 8.11. The third-order valence-corrected chi connectivity index (χ3v) is 5.29. The number of hydrogen-bond donors (Lipinski definition) is 1. The highest BCUT2D eigenvalue weighted by Gasteiger charge is 2.28. The smallest absolute Gasteiger partial charge is 0.193 e. The molecule has 3 rings (SSSR count). The van der Waals surface area contributed by atoms with Crippen molar-refractivity contribution >= 4 is 17.7 Å². The molecule has 0 spiro atoms. The summed E-state index contributed by atoms with van der Waals surface area (Å²) in [5.41, 5.74) is 1.11. The Balaban J connectivity index is 1.71. The van der Waals surface area contributed by atoms with Crippen LogP contribution in [-0.4, -0.2) is 56.0 Å². The first-order valence-corrected chi connectivity index (χ1v) is 9.09. The Hall–Kier alpha value is -2.02. The number of nitrogens with one attached hydrogen (secondary N) is 1. The fourth-order valence-electron chi connectivity index (χ4n) is 2.89. The quantitative estimate of drug-likeness (QED) is 0.683. The van der Waals surface area contributed by atoms with Crippen LogP contribution in [-0.2, 0) is 6.54 Å². The number of nitrogens with zero attached hydrogens (tertiary/aromatic N) is 5. The maximum absolute atomic E-state index is 4.49. The van der Waals surface area contributed by atoms with Gasteiger partial charge in [0.15, 0.2) is 5.96 Å². The molecule has 0 aliphatic carbocycles. The zero-order chi connectivity index (χ0) is 17.0. The minimum absolute atomic E-state index is 0.256. The highest BCUT2D eigenvalue weighted by atomic mass is 32.2. The average Bonchev–Trinajstić information content (AvgIpc) is 3.09. The highest BCUT2D eigenvalue weighted by Crippen LogP contribution is 2.29. The van der Waals surface area contributed by atoms with Crippen molar-refractivity contribution in [3.05, 3.63) is 42.6 Å². The summed E-state index contributed by atoms with van der Waals surface area (Å²) < 4.78 is 2.19. The van der Waals surface area contributed by atoms with Crippen molar-refractivity contribution in [2.45, 2.75) is 25.1 Å². The topological polar surface area (TPSA) is 58.3 Å². The van der Waals surface area contributed by atoms with Crippen LogP contribution in [0.3, 0.4) is 0 Å². The third kappa shape index (κ3) is 3.90. The van der Waals surface area contributed by atoms with Crippen LogP contribution in [0.5, 0.6) is 0 Å². The van der Waals surface area contributed by atoms with Crippen molar-refractivity contribution in [2.75, 3.05) is 25.9 Å². The summed E-state index contributed by atoms with van der Waals surface area (Å²) in [6.07, 6.45) is 7.24. The second kappa shape index (κ2) is 7.25. The highest BCUT2D eigenvalue weighted by molar-refractivity contribution is 8.00. The number of hydrogen-bond acceptors (Lipinski definition) is 4. The lowest BCUT2D eigenvalue weighted by Gasteiger charge is -2.39. The first-order chi connectivity index (χ1) is 11.6. The van der Waals surface area contributed by atoms with E-state index in [0.717, 1.165) is 36.2 Å². The number of aliphatic imine (C=N–C) groups is 1. The minimum Gasteiger partial charge on any atom is -0.352 e. The van der Waals surface area contributed by atoms with Gasteiger partial charge in [-0.05, 0) is 19.9 Å². The van der Waals surface area contributed by atoms with Crippen molar-refractivity contribution in [3.8, 4) is 5.82 Å². The molecule has 0 bridgehead atoms. The van der Waals surface area contributed by atoms with Gasteiger partial charge in [-0.1, -0.05) is 6.07 Å². The van der Waals surface area contributed by atoms with Crippen LogP contribution in [0.25, 0.3) is 5.82 Å². The molecule has 1 aliphatic heterocycles. The van der Waals surface area contributed by atoms with Crippen molar-refractivity contribution in [2.24, 2.45) is 4.99 Å². The molecule has 1 N–H and O–H groups in total. The van der Waals surface area contributed by atoms with Gasteiger partial charge in [-0.15, -0.1) is 0 Å². The largest absolute Gasteiger partial charge is 0.352 e. The van der Waals surface area contributed by atoms with Crippen molar-refractivity contribution in [3.63, 3.8) is 0 Å². The van der Waals surface area contributed by atoms with Gasteiger partial charge in [0.05, 0.1) is 0 Å². The van der Waals surface area contributed by atoms with Gasteiger partial charge in [0, 0.05) is 61.3 Å². The number of rotatable bonds is 3. The predicted octanol–water partition coefficient (Wildman–Crippen LogP) is 2.17. The molecule has 1 saturated heterocycles. The van der Waals surface area contributed by atoms with Crippen molar-refractivity contribution in [1.29, 1.82) is 0 Å². The molecule has 128 valence electrons. The molecular weight excluding hydrogens is 320 g/mol. The molecule has 6 nitrogen and oxygen atoms in total. The monoisotopic (exact) mass is 344 g/mol. The van der Waals surface area contributed by atoms with E-state index in [1.165, 1.54) is 0 Å². The Morgan fingerprint density at radius 3 is 3.00 bits per heavy atom. The first kappa shape index (κ1) is 16.8. The molecule has 0 saturated carbocycles. The average molecular weight is 344 g/mol. The van der Waals surface area contributed by atoms with Gasteiger partial charge < -0.3 is 10.2 Å². The molecule has 1 fully saturated rings. The molecule has 2 aromatic rings. The Morgan fingerprint density at radius 1 is 1.42 bits per heavy atom. The summed E-state index contributed by atoms with van der Waals surface area (Å²) in [6.45, 7) is 7.27. The van der Waals surface area contributed by atoms with Crippen molar-refractivity contribution in [1.82, 2.24) is 24.8 Å². The van der Waals surface area contributed by atoms with E-state index >= 15 is 0 Å². The van der Waals surface area contributed by atoms with E-state index in [1.807, 2.05) is 35.6 Å². The molecule has 0 unspecified atom stereocenters. The number of thioether (sulfide) groups is 1. The van der Waals surface area contributed by atoms with Gasteiger partial charge in [0.1, 0.15) is 12.1 Å². The number of imidazole rings is 1. The Bertz CT molecular complexity index is 695. The lowest BCUT2D eigenvalue weighted by molar-refractivity contribution is 0.375. The summed E-state index contributed by atoms with van der Waals surface area (Å²) in [4.78, 5) is 15.4. The molecule has 7 heteroatoms. The lowest BCUT2D eigenvalue weighted by Crippen LogP contribution is -2.50. The SMILES string of the molecule is CN=C(NCc1cccnc1-n1ccnc1)N1CCSC(C)(C)C1. The zero-order valence-electron chi connectivity index (χ0n) is 14.4. The van der Waals surface area contributed by atoms with Gasteiger partial charge in [-0.3, -0.25) is 9.56 Å². The maximum atomic E-state index is 4.49.